The van der Waals surface area contributed by atoms with Crippen LogP contribution in [0.1, 0.15) is 5.56 Å². The summed E-state index contributed by atoms with van der Waals surface area (Å²) in [5.74, 6) is 4.49. The molecule has 0 spiro atoms. The summed E-state index contributed by atoms with van der Waals surface area (Å²) < 4.78 is 25.5. The molecule has 2 N–H and O–H groups in total. The van der Waals surface area contributed by atoms with Gasteiger partial charge in [0.1, 0.15) is 0 Å². The molecule has 5 heteroatoms. The molecule has 0 aromatic heterocycles. The van der Waals surface area contributed by atoms with E-state index < -0.39 is 10.1 Å². The lowest BCUT2D eigenvalue weighted by Gasteiger charge is -2.00. The van der Waals surface area contributed by atoms with E-state index >= 15 is 0 Å². The zero-order valence-electron chi connectivity index (χ0n) is 7.01. The standard InChI is InChI=1S/C8H11NO3S/c9-12-13(10,11)7-6-8-4-2-1-3-5-8/h1-5H,6-7,9H2. The minimum atomic E-state index is -3.54. The third kappa shape index (κ3) is 3.54. The van der Waals surface area contributed by atoms with Crippen molar-refractivity contribution in [1.29, 1.82) is 0 Å². The van der Waals surface area contributed by atoms with Crippen LogP contribution in [0.2, 0.25) is 0 Å². The summed E-state index contributed by atoms with van der Waals surface area (Å²) in [7, 11) is -3.54. The van der Waals surface area contributed by atoms with Crippen LogP contribution in [0, 0.1) is 0 Å². The van der Waals surface area contributed by atoms with E-state index in [2.05, 4.69) is 10.2 Å². The van der Waals surface area contributed by atoms with Crippen LogP contribution >= 0.6 is 0 Å². The van der Waals surface area contributed by atoms with E-state index in [1.165, 1.54) is 0 Å². The van der Waals surface area contributed by atoms with E-state index in [0.29, 0.717) is 6.42 Å². The lowest BCUT2D eigenvalue weighted by atomic mass is 10.2. The van der Waals surface area contributed by atoms with Crippen LogP contribution in [0.4, 0.5) is 0 Å². The molecule has 0 bridgehead atoms. The molecule has 0 atom stereocenters. The molecular formula is C8H11NO3S. The normalized spacial score (nSPS) is 11.5. The van der Waals surface area contributed by atoms with E-state index in [1.807, 2.05) is 30.3 Å². The fourth-order valence-electron chi connectivity index (χ4n) is 0.936. The summed E-state index contributed by atoms with van der Waals surface area (Å²) >= 11 is 0. The largest absolute Gasteiger partial charge is 0.283 e. The molecule has 4 nitrogen and oxygen atoms in total. The maximum atomic E-state index is 10.8. The fraction of sp³-hybridized carbons (Fsp3) is 0.250. The van der Waals surface area contributed by atoms with E-state index in [0.717, 1.165) is 5.56 Å². The highest BCUT2D eigenvalue weighted by molar-refractivity contribution is 7.86. The molecule has 1 rings (SSSR count). The summed E-state index contributed by atoms with van der Waals surface area (Å²) in [6.07, 6.45) is 0.417. The van der Waals surface area contributed by atoms with Gasteiger partial charge in [0.25, 0.3) is 10.1 Å². The van der Waals surface area contributed by atoms with Crippen LogP contribution in [-0.2, 0) is 20.8 Å². The van der Waals surface area contributed by atoms with Gasteiger partial charge in [-0.15, -0.1) is 0 Å². The van der Waals surface area contributed by atoms with Gasteiger partial charge in [-0.1, -0.05) is 30.3 Å². The van der Waals surface area contributed by atoms with Gasteiger partial charge in [-0.2, -0.15) is 18.6 Å². The first kappa shape index (κ1) is 10.2. The third-order valence-corrected chi connectivity index (χ3v) is 2.63. The predicted octanol–water partition coefficient (Wildman–Crippen LogP) is 0.449. The molecule has 0 unspecified atom stereocenters. The van der Waals surface area contributed by atoms with Gasteiger partial charge in [0, 0.05) is 0 Å². The van der Waals surface area contributed by atoms with Gasteiger partial charge in [0.2, 0.25) is 0 Å². The van der Waals surface area contributed by atoms with Gasteiger partial charge in [-0.3, -0.25) is 0 Å². The number of aryl methyl sites for hydroxylation is 1. The number of nitrogens with two attached hydrogens (primary N) is 1. The molecule has 0 aliphatic heterocycles. The first-order chi connectivity index (χ1) is 6.14. The molecular weight excluding hydrogens is 190 g/mol. The molecule has 0 amide bonds. The summed E-state index contributed by atoms with van der Waals surface area (Å²) in [5, 5.41) is 0. The topological polar surface area (TPSA) is 69.4 Å². The molecule has 0 fully saturated rings. The summed E-state index contributed by atoms with van der Waals surface area (Å²) in [5.41, 5.74) is 0.947. The van der Waals surface area contributed by atoms with Crippen molar-refractivity contribution in [2.75, 3.05) is 5.75 Å². The van der Waals surface area contributed by atoms with Gasteiger partial charge < -0.3 is 0 Å². The number of rotatable bonds is 4. The zero-order chi connectivity index (χ0) is 9.73. The average Bonchev–Trinajstić information content (AvgIpc) is 2.17. The van der Waals surface area contributed by atoms with Gasteiger partial charge in [0.05, 0.1) is 5.75 Å². The van der Waals surface area contributed by atoms with Crippen LogP contribution < -0.4 is 5.90 Å². The second-order valence-corrected chi connectivity index (χ2v) is 4.31. The van der Waals surface area contributed by atoms with Gasteiger partial charge in [0.15, 0.2) is 0 Å². The number of hydrogen-bond donors (Lipinski definition) is 1. The highest BCUT2D eigenvalue weighted by Crippen LogP contribution is 2.01. The predicted molar refractivity (Wildman–Crippen MR) is 49.2 cm³/mol. The molecule has 0 saturated carbocycles. The average molecular weight is 201 g/mol. The van der Waals surface area contributed by atoms with Gasteiger partial charge in [-0.05, 0) is 12.0 Å². The Morgan fingerprint density at radius 1 is 1.23 bits per heavy atom. The Morgan fingerprint density at radius 3 is 2.38 bits per heavy atom. The minimum Gasteiger partial charge on any atom is -0.198 e. The van der Waals surface area contributed by atoms with Crippen LogP contribution in [0.15, 0.2) is 30.3 Å². The van der Waals surface area contributed by atoms with Crippen LogP contribution in [0.3, 0.4) is 0 Å². The SMILES string of the molecule is NOS(=O)(=O)CCc1ccccc1. The second-order valence-electron chi connectivity index (χ2n) is 2.59. The lowest BCUT2D eigenvalue weighted by Crippen LogP contribution is -2.16. The number of benzene rings is 1. The first-order valence-corrected chi connectivity index (χ1v) is 5.37. The molecule has 1 aromatic rings. The van der Waals surface area contributed by atoms with E-state index in [1.54, 1.807) is 0 Å². The van der Waals surface area contributed by atoms with Gasteiger partial charge in [-0.25, -0.2) is 0 Å². The maximum absolute atomic E-state index is 10.8. The van der Waals surface area contributed by atoms with Crippen molar-refractivity contribution in [3.63, 3.8) is 0 Å². The Balaban J connectivity index is 2.54. The van der Waals surface area contributed by atoms with E-state index in [-0.39, 0.29) is 5.75 Å². The van der Waals surface area contributed by atoms with Crippen LogP contribution in [0.25, 0.3) is 0 Å². The Bertz CT molecular complexity index is 347. The summed E-state index contributed by atoms with van der Waals surface area (Å²) in [6, 6.07) is 9.28. The summed E-state index contributed by atoms with van der Waals surface area (Å²) in [4.78, 5) is 0. The van der Waals surface area contributed by atoms with Gasteiger partial charge >= 0.3 is 0 Å². The minimum absolute atomic E-state index is 0.0898. The van der Waals surface area contributed by atoms with Crippen molar-refractivity contribution in [1.82, 2.24) is 0 Å². The van der Waals surface area contributed by atoms with E-state index in [9.17, 15) is 8.42 Å². The van der Waals surface area contributed by atoms with Crippen LogP contribution in [0.5, 0.6) is 0 Å². The molecule has 1 aromatic carbocycles. The monoisotopic (exact) mass is 201 g/mol. The fourth-order valence-corrected chi connectivity index (χ4v) is 1.52. The maximum Gasteiger partial charge on any atom is 0.283 e. The Kier molecular flexibility index (Phi) is 3.41. The van der Waals surface area contributed by atoms with Crippen molar-refractivity contribution < 1.29 is 12.7 Å². The summed E-state index contributed by atoms with van der Waals surface area (Å²) in [6.45, 7) is 0. The number of hydrogen-bond acceptors (Lipinski definition) is 4. The lowest BCUT2D eigenvalue weighted by molar-refractivity contribution is 0.333. The smallest absolute Gasteiger partial charge is 0.198 e. The van der Waals surface area contributed by atoms with Crippen LogP contribution in [-0.4, -0.2) is 14.2 Å². The van der Waals surface area contributed by atoms with Crippen molar-refractivity contribution in [3.8, 4) is 0 Å². The molecule has 0 aliphatic carbocycles. The Labute approximate surface area is 77.4 Å². The second kappa shape index (κ2) is 4.36. The molecule has 0 radical (unpaired) electrons. The highest BCUT2D eigenvalue weighted by atomic mass is 32.2. The quantitative estimate of drug-likeness (QED) is 0.718. The Morgan fingerprint density at radius 2 is 1.85 bits per heavy atom. The molecule has 0 aliphatic rings. The van der Waals surface area contributed by atoms with Crippen molar-refractivity contribution in [3.05, 3.63) is 35.9 Å². The molecule has 72 valence electrons. The Hall–Kier alpha value is -0.910. The first-order valence-electron chi connectivity index (χ1n) is 3.79. The molecule has 0 heterocycles. The van der Waals surface area contributed by atoms with Crippen molar-refractivity contribution in [2.24, 2.45) is 5.90 Å². The van der Waals surface area contributed by atoms with Crippen molar-refractivity contribution in [2.45, 2.75) is 6.42 Å². The zero-order valence-corrected chi connectivity index (χ0v) is 7.83. The molecule has 0 saturated heterocycles. The van der Waals surface area contributed by atoms with Crippen molar-refractivity contribution >= 4 is 10.1 Å². The molecule has 13 heavy (non-hydrogen) atoms. The highest BCUT2D eigenvalue weighted by Gasteiger charge is 2.08. The third-order valence-electron chi connectivity index (χ3n) is 1.63. The van der Waals surface area contributed by atoms with E-state index in [4.69, 9.17) is 0 Å².